The summed E-state index contributed by atoms with van der Waals surface area (Å²) < 4.78 is 0. The van der Waals surface area contributed by atoms with E-state index in [1.54, 1.807) is 0 Å². The topological polar surface area (TPSA) is 80.9 Å². The molecule has 5 heteroatoms. The van der Waals surface area contributed by atoms with Crippen LogP contribution in [0.5, 0.6) is 0 Å². The Morgan fingerprint density at radius 1 is 0.311 bits per heavy atom. The maximum Gasteiger partial charge on any atom is 0.0522 e. The minimum Gasteiger partial charge on any atom is -0.395 e. The summed E-state index contributed by atoms with van der Waals surface area (Å²) in [6, 6.07) is 40.2. The quantitative estimate of drug-likeness (QED) is 0.147. The van der Waals surface area contributed by atoms with Crippen molar-refractivity contribution in [1.29, 1.82) is 0 Å². The van der Waals surface area contributed by atoms with Crippen LogP contribution < -0.4 is 0 Å². The van der Waals surface area contributed by atoms with Crippen LogP contribution in [0.1, 0.15) is 77.6 Å². The van der Waals surface area contributed by atoms with Crippen molar-refractivity contribution in [2.75, 3.05) is 26.4 Å². The molecule has 0 amide bonds. The molecule has 0 spiro atoms. The van der Waals surface area contributed by atoms with Gasteiger partial charge in [-0.25, -0.2) is 0 Å². The first-order valence-electron chi connectivity index (χ1n) is 15.3. The van der Waals surface area contributed by atoms with Crippen LogP contribution in [0, 0.1) is 0 Å². The minimum absolute atomic E-state index is 0. The number of hydrogen-bond donors (Lipinski definition) is 4. The summed E-state index contributed by atoms with van der Waals surface area (Å²) in [6.07, 6.45) is 0. The average Bonchev–Trinajstić information content (AvgIpc) is 3.07. The van der Waals surface area contributed by atoms with E-state index in [2.05, 4.69) is 0 Å². The van der Waals surface area contributed by atoms with E-state index in [9.17, 15) is 0 Å². The van der Waals surface area contributed by atoms with E-state index < -0.39 is 0 Å². The molecule has 0 saturated carbocycles. The van der Waals surface area contributed by atoms with E-state index in [0.717, 1.165) is 0 Å². The Morgan fingerprint density at radius 2 is 0.444 bits per heavy atom. The van der Waals surface area contributed by atoms with Gasteiger partial charge >= 0.3 is 0 Å². The Hall–Kier alpha value is -2.57. The van der Waals surface area contributed by atoms with Gasteiger partial charge in [0.05, 0.1) is 26.4 Å². The summed E-state index contributed by atoms with van der Waals surface area (Å²) in [5.41, 5.74) is 4.29. The first kappa shape index (κ1) is 42.4. The maximum atomic E-state index is 9.05. The van der Waals surface area contributed by atoms with Crippen LogP contribution in [-0.4, -0.2) is 46.9 Å². The minimum atomic E-state index is -0.110. The van der Waals surface area contributed by atoms with Crippen molar-refractivity contribution in [1.82, 2.24) is 0 Å². The monoisotopic (exact) mass is 648 g/mol. The van der Waals surface area contributed by atoms with Gasteiger partial charge in [0.1, 0.15) is 0 Å². The summed E-state index contributed by atoms with van der Waals surface area (Å²) in [7, 11) is 0. The van der Waals surface area contributed by atoms with Crippen molar-refractivity contribution in [3.8, 4) is 0 Å². The van der Waals surface area contributed by atoms with Crippen LogP contribution in [0.2, 0.25) is 0 Å². The summed E-state index contributed by atoms with van der Waals surface area (Å²) >= 11 is 0. The predicted octanol–water partition coefficient (Wildman–Crippen LogP) is 7.82. The largest absolute Gasteiger partial charge is 0.395 e. The third kappa shape index (κ3) is 15.0. The second kappa shape index (κ2) is 20.5. The van der Waals surface area contributed by atoms with Gasteiger partial charge in [-0.2, -0.15) is 0 Å². The van der Waals surface area contributed by atoms with Crippen molar-refractivity contribution >= 4 is 0 Å². The molecule has 4 N–H and O–H groups in total. The van der Waals surface area contributed by atoms with Crippen molar-refractivity contribution in [2.45, 2.75) is 77.0 Å². The van der Waals surface area contributed by atoms with E-state index in [4.69, 9.17) is 20.4 Å². The molecule has 0 radical (unpaired) electrons. The second-order valence-electron chi connectivity index (χ2n) is 13.6. The first-order chi connectivity index (χ1) is 20.7. The molecule has 0 aliphatic rings. The summed E-state index contributed by atoms with van der Waals surface area (Å²) in [5, 5.41) is 36.2. The van der Waals surface area contributed by atoms with Gasteiger partial charge in [-0.15, -0.1) is 0 Å². The van der Waals surface area contributed by atoms with Crippen molar-refractivity contribution in [3.63, 3.8) is 0 Å². The van der Waals surface area contributed by atoms with Gasteiger partial charge in [-0.3, -0.25) is 0 Å². The summed E-state index contributed by atoms with van der Waals surface area (Å²) in [6.45, 7) is 17.0. The predicted molar refractivity (Wildman–Crippen MR) is 186 cm³/mol. The fourth-order valence-corrected chi connectivity index (χ4v) is 3.92. The van der Waals surface area contributed by atoms with E-state index >= 15 is 0 Å². The summed E-state index contributed by atoms with van der Waals surface area (Å²) in [4.78, 5) is 0. The second-order valence-corrected chi connectivity index (χ2v) is 13.6. The van der Waals surface area contributed by atoms with E-state index in [1.165, 1.54) is 22.3 Å². The molecular weight excluding hydrogens is 592 g/mol. The molecule has 45 heavy (non-hydrogen) atoms. The zero-order valence-corrected chi connectivity index (χ0v) is 30.2. The molecule has 0 saturated heterocycles. The fraction of sp³-hybridized carbons (Fsp3) is 0.400. The Labute approximate surface area is 288 Å². The Kier molecular flexibility index (Phi) is 19.4. The number of aliphatic hydroxyl groups excluding tert-OH is 4. The number of aliphatic hydroxyl groups is 4. The van der Waals surface area contributed by atoms with Gasteiger partial charge in [-0.1, -0.05) is 177 Å². The fourth-order valence-electron chi connectivity index (χ4n) is 3.92. The van der Waals surface area contributed by atoms with Gasteiger partial charge in [0.15, 0.2) is 0 Å². The van der Waals surface area contributed by atoms with Gasteiger partial charge in [-0.05, 0) is 22.3 Å². The van der Waals surface area contributed by atoms with Gasteiger partial charge < -0.3 is 20.4 Å². The molecule has 0 unspecified atom stereocenters. The maximum absolute atomic E-state index is 9.05. The average molecular weight is 649 g/mol. The Morgan fingerprint density at radius 3 is 0.556 bits per heavy atom. The van der Waals surface area contributed by atoms with Crippen LogP contribution in [0.4, 0.5) is 0 Å². The molecule has 0 aliphatic carbocycles. The summed E-state index contributed by atoms with van der Waals surface area (Å²) in [5.74, 6) is 0. The SMILES string of the molecule is CC(C)(CO)c1ccccc1.CC(C)(CO)c1ccccc1.CC(C)(CO)c1ccccc1.CC(C)(CO)c1ccccc1.[Ti]. The van der Waals surface area contributed by atoms with Crippen LogP contribution in [-0.2, 0) is 43.4 Å². The number of benzene rings is 4. The molecule has 4 nitrogen and oxygen atoms in total. The Balaban J connectivity index is 0.000000569. The Bertz CT molecular complexity index is 1070. The smallest absolute Gasteiger partial charge is 0.0522 e. The zero-order chi connectivity index (χ0) is 33.3. The molecular formula is C40H56O4Ti. The van der Waals surface area contributed by atoms with Crippen molar-refractivity contribution in [2.24, 2.45) is 0 Å². The molecule has 0 fully saturated rings. The molecule has 0 heterocycles. The van der Waals surface area contributed by atoms with Gasteiger partial charge in [0.2, 0.25) is 0 Å². The van der Waals surface area contributed by atoms with Gasteiger partial charge in [0.25, 0.3) is 0 Å². The normalized spacial score (nSPS) is 11.3. The third-order valence-electron chi connectivity index (χ3n) is 7.80. The molecule has 0 atom stereocenters. The van der Waals surface area contributed by atoms with Crippen molar-refractivity contribution in [3.05, 3.63) is 144 Å². The third-order valence-corrected chi connectivity index (χ3v) is 7.80. The number of hydrogen-bond acceptors (Lipinski definition) is 4. The van der Waals surface area contributed by atoms with Crippen LogP contribution >= 0.6 is 0 Å². The zero-order valence-electron chi connectivity index (χ0n) is 28.7. The van der Waals surface area contributed by atoms with E-state index in [-0.39, 0.29) is 69.8 Å². The molecule has 0 aliphatic heterocycles. The molecule has 4 aromatic carbocycles. The molecule has 4 aromatic rings. The molecule has 4 rings (SSSR count). The van der Waals surface area contributed by atoms with E-state index in [0.29, 0.717) is 0 Å². The van der Waals surface area contributed by atoms with Crippen LogP contribution in [0.15, 0.2) is 121 Å². The molecule has 244 valence electrons. The van der Waals surface area contributed by atoms with E-state index in [1.807, 2.05) is 177 Å². The van der Waals surface area contributed by atoms with Crippen LogP contribution in [0.3, 0.4) is 0 Å². The standard InChI is InChI=1S/4C10H14O.Ti/c4*1-10(2,8-11)9-6-4-3-5-7-9;/h4*3-7,11H,8H2,1-2H3;. The van der Waals surface area contributed by atoms with Crippen molar-refractivity contribution < 1.29 is 42.1 Å². The van der Waals surface area contributed by atoms with Gasteiger partial charge in [0, 0.05) is 43.4 Å². The first-order valence-corrected chi connectivity index (χ1v) is 15.3. The number of rotatable bonds is 8. The molecule has 0 aromatic heterocycles. The molecule has 0 bridgehead atoms. The van der Waals surface area contributed by atoms with Crippen LogP contribution in [0.25, 0.3) is 0 Å².